The van der Waals surface area contributed by atoms with Crippen molar-refractivity contribution in [1.29, 1.82) is 0 Å². The first-order chi connectivity index (χ1) is 32.3. The number of nitrogens with one attached hydrogen (secondary N) is 2. The van der Waals surface area contributed by atoms with Crippen molar-refractivity contribution in [3.8, 4) is 62.1 Å². The summed E-state index contributed by atoms with van der Waals surface area (Å²) in [7, 11) is 4.21. The van der Waals surface area contributed by atoms with Gasteiger partial charge in [-0.25, -0.2) is 0 Å². The van der Waals surface area contributed by atoms with E-state index in [2.05, 4.69) is 57.0 Å². The molecule has 13 nitrogen and oxygen atoms in total. The Morgan fingerprint density at radius 3 is 1.73 bits per heavy atom. The van der Waals surface area contributed by atoms with Gasteiger partial charge in [0.1, 0.15) is 23.9 Å². The molecule has 7 aromatic rings. The molecule has 4 heterocycles. The number of halogens is 2. The number of aryl methyl sites for hydroxylation is 1. The van der Waals surface area contributed by atoms with Crippen molar-refractivity contribution in [2.24, 2.45) is 0 Å². The summed E-state index contributed by atoms with van der Waals surface area (Å²) in [6.07, 6.45) is 1.84. The summed E-state index contributed by atoms with van der Waals surface area (Å²) >= 11 is 12.6. The van der Waals surface area contributed by atoms with Gasteiger partial charge in [-0.15, -0.1) is 0 Å². The quantitative estimate of drug-likeness (QED) is 0.0975. The Kier molecular flexibility index (Phi) is 14.3. The second kappa shape index (κ2) is 20.5. The van der Waals surface area contributed by atoms with Gasteiger partial charge >= 0.3 is 0 Å². The molecular weight excluding hydrogens is 892 g/mol. The summed E-state index contributed by atoms with van der Waals surface area (Å²) in [4.78, 5) is 30.2. The highest BCUT2D eigenvalue weighted by atomic mass is 35.5. The number of phenolic OH excluding ortho intramolecular Hbond substituents is 2. The number of carbonyl (C=O) groups excluding carboxylic acids is 2. The van der Waals surface area contributed by atoms with Gasteiger partial charge < -0.3 is 44.4 Å². The highest BCUT2D eigenvalue weighted by Crippen LogP contribution is 2.45. The molecule has 0 unspecified atom stereocenters. The molecule has 2 amide bonds. The lowest BCUT2D eigenvalue weighted by Crippen LogP contribution is -2.26. The molecule has 5 aromatic carbocycles. The maximum absolute atomic E-state index is 13.0. The Morgan fingerprint density at radius 1 is 0.672 bits per heavy atom. The van der Waals surface area contributed by atoms with Gasteiger partial charge in [0.15, 0.2) is 22.9 Å². The summed E-state index contributed by atoms with van der Waals surface area (Å²) in [5.41, 5.74) is 11.0. The predicted molar refractivity (Wildman–Crippen MR) is 260 cm³/mol. The Bertz CT molecular complexity index is 2950. The van der Waals surface area contributed by atoms with E-state index in [9.17, 15) is 19.8 Å². The van der Waals surface area contributed by atoms with Crippen LogP contribution >= 0.6 is 23.2 Å². The molecule has 0 saturated carbocycles. The first-order valence-electron chi connectivity index (χ1n) is 22.2. The van der Waals surface area contributed by atoms with Crippen LogP contribution in [0.5, 0.6) is 17.2 Å². The number of ether oxygens (including phenoxy) is 1. The topological polar surface area (TPSA) is 166 Å². The smallest absolute Gasteiger partial charge is 0.274 e. The maximum Gasteiger partial charge on any atom is 0.274 e. The standard InChI is InChI=1S/C30H30ClN3O3.C22H22ClN3O4/c1-4-32-30(35)28-27(22-10-11-23-17-34(3)13-12-21(23)15-22)29(37-33-28)24-16-25(31)19(2)14-26(24)36-18-20-8-6-5-7-9-20;1-3-24-22(29)20-19(13-4-5-14-11-26(2)7-6-12(14)8-13)21(30-25-20)15-9-16(23)18(28)10-17(15)27/h5-11,14-16H,4,12-13,17-18H2,1-3H3,(H,32,35);4-5,8-10,27-28H,3,6-7,11H2,1-2H3,(H,24,29). The number of hydrogen-bond donors (Lipinski definition) is 4. The first kappa shape index (κ1) is 46.9. The third-order valence-electron chi connectivity index (χ3n) is 11.9. The lowest BCUT2D eigenvalue weighted by Gasteiger charge is -2.25. The Hall–Kier alpha value is -6.64. The van der Waals surface area contributed by atoms with E-state index in [4.69, 9.17) is 37.0 Å². The second-order valence-electron chi connectivity index (χ2n) is 16.8. The highest BCUT2D eigenvalue weighted by molar-refractivity contribution is 6.32. The molecule has 4 N–H and O–H groups in total. The summed E-state index contributed by atoms with van der Waals surface area (Å²) in [5.74, 6) is 0.157. The predicted octanol–water partition coefficient (Wildman–Crippen LogP) is 10.1. The van der Waals surface area contributed by atoms with E-state index in [0.717, 1.165) is 67.3 Å². The Balaban J connectivity index is 0.000000186. The number of benzene rings is 5. The molecule has 9 rings (SSSR count). The molecule has 346 valence electrons. The maximum atomic E-state index is 13.0. The van der Waals surface area contributed by atoms with Crippen molar-refractivity contribution < 1.29 is 33.6 Å². The summed E-state index contributed by atoms with van der Waals surface area (Å²) in [6, 6.07) is 28.6. The number of fused-ring (bicyclic) bond motifs is 2. The fourth-order valence-corrected chi connectivity index (χ4v) is 8.73. The largest absolute Gasteiger partial charge is 0.507 e. The van der Waals surface area contributed by atoms with Crippen molar-refractivity contribution in [2.75, 3.05) is 40.3 Å². The van der Waals surface area contributed by atoms with E-state index in [1.807, 2.05) is 87.5 Å². The van der Waals surface area contributed by atoms with Crippen molar-refractivity contribution in [1.82, 2.24) is 30.7 Å². The fourth-order valence-electron chi connectivity index (χ4n) is 8.40. The monoisotopic (exact) mass is 942 g/mol. The average Bonchev–Trinajstić information content (AvgIpc) is 3.97. The minimum absolute atomic E-state index is 0.0539. The zero-order valence-corrected chi connectivity index (χ0v) is 39.5. The van der Waals surface area contributed by atoms with Crippen LogP contribution in [0.4, 0.5) is 0 Å². The molecule has 15 heteroatoms. The number of aromatic hydroxyl groups is 2. The number of phenols is 2. The third kappa shape index (κ3) is 10.2. The van der Waals surface area contributed by atoms with Crippen LogP contribution in [0.2, 0.25) is 10.0 Å². The van der Waals surface area contributed by atoms with Gasteiger partial charge in [0, 0.05) is 50.4 Å². The van der Waals surface area contributed by atoms with Crippen molar-refractivity contribution in [3.05, 3.63) is 146 Å². The molecule has 2 aliphatic rings. The van der Waals surface area contributed by atoms with E-state index >= 15 is 0 Å². The van der Waals surface area contributed by atoms with Crippen LogP contribution in [0.15, 0.2) is 100 Å². The number of nitrogens with zero attached hydrogens (tertiary/aromatic N) is 4. The highest BCUT2D eigenvalue weighted by Gasteiger charge is 2.30. The molecule has 0 aliphatic carbocycles. The van der Waals surface area contributed by atoms with Gasteiger partial charge in [-0.3, -0.25) is 9.59 Å². The summed E-state index contributed by atoms with van der Waals surface area (Å²) in [5, 5.41) is 34.6. The molecule has 2 aliphatic heterocycles. The van der Waals surface area contributed by atoms with Crippen LogP contribution in [0, 0.1) is 6.92 Å². The first-order valence-corrected chi connectivity index (χ1v) is 22.9. The minimum atomic E-state index is -0.371. The van der Waals surface area contributed by atoms with Crippen LogP contribution in [0.25, 0.3) is 44.9 Å². The number of hydrogen-bond acceptors (Lipinski definition) is 11. The molecule has 0 fully saturated rings. The van der Waals surface area contributed by atoms with E-state index in [0.29, 0.717) is 52.9 Å². The zero-order valence-electron chi connectivity index (χ0n) is 38.0. The van der Waals surface area contributed by atoms with Crippen molar-refractivity contribution >= 4 is 35.0 Å². The molecular formula is C52H52Cl2N6O7. The number of carbonyl (C=O) groups is 2. The van der Waals surface area contributed by atoms with Crippen LogP contribution in [0.1, 0.15) is 68.2 Å². The second-order valence-corrected chi connectivity index (χ2v) is 17.6. The van der Waals surface area contributed by atoms with Gasteiger partial charge in [-0.05, 0) is 110 Å². The molecule has 67 heavy (non-hydrogen) atoms. The van der Waals surface area contributed by atoms with Crippen molar-refractivity contribution in [3.63, 3.8) is 0 Å². The average molecular weight is 944 g/mol. The zero-order chi connectivity index (χ0) is 47.4. The van der Waals surface area contributed by atoms with Crippen LogP contribution in [-0.2, 0) is 32.5 Å². The normalized spacial score (nSPS) is 13.5. The number of likely N-dealkylation sites (N-methyl/N-ethyl adjacent to an activating group) is 2. The molecule has 0 radical (unpaired) electrons. The minimum Gasteiger partial charge on any atom is -0.507 e. The summed E-state index contributed by atoms with van der Waals surface area (Å²) in [6.45, 7) is 10.6. The SMILES string of the molecule is CCNC(=O)c1noc(-c2cc(Cl)c(C)cc2OCc2ccccc2)c1-c1ccc2c(c1)CCN(C)C2.CCNC(=O)c1noc(-c2cc(Cl)c(O)cc2O)c1-c1ccc2c(c1)CCN(C)C2. The van der Waals surface area contributed by atoms with Crippen LogP contribution in [0.3, 0.4) is 0 Å². The van der Waals surface area contributed by atoms with Gasteiger partial charge in [-0.2, -0.15) is 0 Å². The number of amides is 2. The van der Waals surface area contributed by atoms with Crippen molar-refractivity contribution in [2.45, 2.75) is 53.3 Å². The summed E-state index contributed by atoms with van der Waals surface area (Å²) < 4.78 is 17.7. The molecule has 0 bridgehead atoms. The van der Waals surface area contributed by atoms with Gasteiger partial charge in [0.25, 0.3) is 11.8 Å². The van der Waals surface area contributed by atoms with Gasteiger partial charge in [0.2, 0.25) is 0 Å². The number of aromatic nitrogens is 2. The Labute approximate surface area is 399 Å². The molecule has 2 aromatic heterocycles. The van der Waals surface area contributed by atoms with E-state index in [1.54, 1.807) is 0 Å². The van der Waals surface area contributed by atoms with E-state index in [-0.39, 0.29) is 51.0 Å². The van der Waals surface area contributed by atoms with E-state index in [1.165, 1.54) is 28.3 Å². The lowest BCUT2D eigenvalue weighted by molar-refractivity contribution is 0.0939. The number of rotatable bonds is 11. The van der Waals surface area contributed by atoms with E-state index < -0.39 is 0 Å². The Morgan fingerprint density at radius 2 is 1.19 bits per heavy atom. The fraction of sp³-hybridized carbons (Fsp3) is 0.269. The van der Waals surface area contributed by atoms with Gasteiger partial charge in [0.05, 0.1) is 27.3 Å². The third-order valence-corrected chi connectivity index (χ3v) is 12.6. The van der Waals surface area contributed by atoms with Gasteiger partial charge in [-0.1, -0.05) is 100 Å². The molecule has 0 spiro atoms. The molecule has 0 atom stereocenters. The molecule has 0 saturated heterocycles. The van der Waals surface area contributed by atoms with Crippen LogP contribution in [-0.4, -0.2) is 82.4 Å². The van der Waals surface area contributed by atoms with Crippen LogP contribution < -0.4 is 15.4 Å². The lowest BCUT2D eigenvalue weighted by atomic mass is 9.92.